The second-order valence-corrected chi connectivity index (χ2v) is 7.38. The minimum absolute atomic E-state index is 0.318. The molecule has 0 unspecified atom stereocenters. The normalized spacial score (nSPS) is 17.9. The third-order valence-electron chi connectivity index (χ3n) is 5.53. The molecule has 1 fully saturated rings. The lowest BCUT2D eigenvalue weighted by molar-refractivity contribution is 0.171. The van der Waals surface area contributed by atoms with E-state index in [-0.39, 0.29) is 5.54 Å². The summed E-state index contributed by atoms with van der Waals surface area (Å²) in [5.74, 6) is 2.43. The molecule has 2 aliphatic rings. The number of anilines is 1. The number of ether oxygens (including phenoxy) is 2. The SMILES string of the molecule is c1ccc(-n2nnnc2C2(Nc3ccc4c(c3)OCCO4)CCCCC2)cc1. The first-order valence-electron chi connectivity index (χ1n) is 9.86. The molecular weight excluding hydrogens is 354 g/mol. The Morgan fingerprint density at radius 3 is 2.50 bits per heavy atom. The van der Waals surface area contributed by atoms with E-state index in [1.54, 1.807) is 0 Å². The Balaban J connectivity index is 1.53. The summed E-state index contributed by atoms with van der Waals surface area (Å²) in [5, 5.41) is 16.5. The fraction of sp³-hybridized carbons (Fsp3) is 0.381. The van der Waals surface area contributed by atoms with Gasteiger partial charge in [0, 0.05) is 11.8 Å². The summed E-state index contributed by atoms with van der Waals surface area (Å²) in [7, 11) is 0. The second-order valence-electron chi connectivity index (χ2n) is 7.38. The number of hydrogen-bond donors (Lipinski definition) is 1. The monoisotopic (exact) mass is 377 g/mol. The average molecular weight is 377 g/mol. The molecule has 7 nitrogen and oxygen atoms in total. The quantitative estimate of drug-likeness (QED) is 0.747. The van der Waals surface area contributed by atoms with E-state index in [2.05, 4.69) is 20.8 Å². The number of nitrogens with one attached hydrogen (secondary N) is 1. The van der Waals surface area contributed by atoms with Crippen LogP contribution in [0.15, 0.2) is 48.5 Å². The van der Waals surface area contributed by atoms with Crippen molar-refractivity contribution < 1.29 is 9.47 Å². The van der Waals surface area contributed by atoms with E-state index in [1.165, 1.54) is 6.42 Å². The molecular formula is C21H23N5O2. The van der Waals surface area contributed by atoms with Crippen LogP contribution in [0.25, 0.3) is 5.69 Å². The predicted molar refractivity (Wildman–Crippen MR) is 105 cm³/mol. The third-order valence-corrected chi connectivity index (χ3v) is 5.53. The van der Waals surface area contributed by atoms with Crippen LogP contribution >= 0.6 is 0 Å². The van der Waals surface area contributed by atoms with Gasteiger partial charge in [0.2, 0.25) is 0 Å². The predicted octanol–water partition coefficient (Wildman–Crippen LogP) is 3.71. The van der Waals surface area contributed by atoms with Crippen LogP contribution in [-0.4, -0.2) is 33.4 Å². The number of benzene rings is 2. The first kappa shape index (κ1) is 17.0. The van der Waals surface area contributed by atoms with Crippen molar-refractivity contribution in [2.45, 2.75) is 37.6 Å². The number of rotatable bonds is 4. The van der Waals surface area contributed by atoms with E-state index in [1.807, 2.05) is 53.2 Å². The van der Waals surface area contributed by atoms with E-state index >= 15 is 0 Å². The van der Waals surface area contributed by atoms with Crippen LogP contribution in [0.3, 0.4) is 0 Å². The standard InChI is InChI=1S/C21H23N5O2/c1-3-7-17(8-4-1)26-20(23-24-25-26)21(11-5-2-6-12-21)22-16-9-10-18-19(15-16)28-14-13-27-18/h1,3-4,7-10,15,22H,2,5-6,11-14H2. The van der Waals surface area contributed by atoms with Crippen LogP contribution < -0.4 is 14.8 Å². The summed E-state index contributed by atoms with van der Waals surface area (Å²) in [6, 6.07) is 16.1. The van der Waals surface area contributed by atoms with E-state index in [0.29, 0.717) is 13.2 Å². The van der Waals surface area contributed by atoms with Gasteiger partial charge in [0.1, 0.15) is 13.2 Å². The molecule has 28 heavy (non-hydrogen) atoms. The number of fused-ring (bicyclic) bond motifs is 1. The molecule has 1 N–H and O–H groups in total. The molecule has 1 saturated carbocycles. The summed E-state index contributed by atoms with van der Waals surface area (Å²) in [6.45, 7) is 1.17. The first-order valence-corrected chi connectivity index (χ1v) is 9.86. The van der Waals surface area contributed by atoms with Gasteiger partial charge in [-0.3, -0.25) is 0 Å². The topological polar surface area (TPSA) is 74.1 Å². The van der Waals surface area contributed by atoms with Crippen molar-refractivity contribution >= 4 is 5.69 Å². The van der Waals surface area contributed by atoms with Crippen LogP contribution in [0.4, 0.5) is 5.69 Å². The van der Waals surface area contributed by atoms with Gasteiger partial charge in [0.15, 0.2) is 17.3 Å². The molecule has 5 rings (SSSR count). The summed E-state index contributed by atoms with van der Waals surface area (Å²) >= 11 is 0. The van der Waals surface area contributed by atoms with E-state index in [0.717, 1.165) is 54.4 Å². The highest BCUT2D eigenvalue weighted by molar-refractivity contribution is 5.57. The minimum atomic E-state index is -0.318. The van der Waals surface area contributed by atoms with Crippen LogP contribution in [0.5, 0.6) is 11.5 Å². The molecule has 1 aliphatic heterocycles. The molecule has 0 amide bonds. The largest absolute Gasteiger partial charge is 0.486 e. The maximum atomic E-state index is 5.76. The number of tetrazole rings is 1. The maximum absolute atomic E-state index is 5.76. The zero-order valence-corrected chi connectivity index (χ0v) is 15.7. The molecule has 0 radical (unpaired) electrons. The minimum Gasteiger partial charge on any atom is -0.486 e. The smallest absolute Gasteiger partial charge is 0.181 e. The number of para-hydroxylation sites is 1. The Hall–Kier alpha value is -3.09. The van der Waals surface area contributed by atoms with Crippen molar-refractivity contribution in [2.75, 3.05) is 18.5 Å². The Labute approximate surface area is 163 Å². The average Bonchev–Trinajstić information content (AvgIpc) is 3.26. The van der Waals surface area contributed by atoms with Crippen molar-refractivity contribution in [1.29, 1.82) is 0 Å². The summed E-state index contributed by atoms with van der Waals surface area (Å²) in [5.41, 5.74) is 1.65. The molecule has 1 aliphatic carbocycles. The van der Waals surface area contributed by atoms with Crippen molar-refractivity contribution in [1.82, 2.24) is 20.2 Å². The lowest BCUT2D eigenvalue weighted by atomic mass is 9.80. The molecule has 7 heteroatoms. The van der Waals surface area contributed by atoms with Gasteiger partial charge in [-0.15, -0.1) is 5.10 Å². The van der Waals surface area contributed by atoms with Crippen LogP contribution in [0.1, 0.15) is 37.9 Å². The van der Waals surface area contributed by atoms with Crippen molar-refractivity contribution in [3.63, 3.8) is 0 Å². The Kier molecular flexibility index (Phi) is 4.35. The van der Waals surface area contributed by atoms with Gasteiger partial charge in [-0.25, -0.2) is 0 Å². The molecule has 0 saturated heterocycles. The highest BCUT2D eigenvalue weighted by Gasteiger charge is 2.39. The summed E-state index contributed by atoms with van der Waals surface area (Å²) in [4.78, 5) is 0. The van der Waals surface area contributed by atoms with Crippen molar-refractivity contribution in [2.24, 2.45) is 0 Å². The van der Waals surface area contributed by atoms with Gasteiger partial charge in [0.25, 0.3) is 0 Å². The lowest BCUT2D eigenvalue weighted by Crippen LogP contribution is -2.40. The first-order chi connectivity index (χ1) is 13.8. The molecule has 144 valence electrons. The second kappa shape index (κ2) is 7.14. The highest BCUT2D eigenvalue weighted by atomic mass is 16.6. The molecule has 2 heterocycles. The molecule has 3 aromatic rings. The zero-order valence-electron chi connectivity index (χ0n) is 15.7. The van der Waals surface area contributed by atoms with Crippen LogP contribution in [0, 0.1) is 0 Å². The Morgan fingerprint density at radius 2 is 1.68 bits per heavy atom. The summed E-state index contributed by atoms with van der Waals surface area (Å²) < 4.78 is 13.3. The number of hydrogen-bond acceptors (Lipinski definition) is 6. The van der Waals surface area contributed by atoms with E-state index in [4.69, 9.17) is 9.47 Å². The molecule has 1 aromatic heterocycles. The fourth-order valence-electron chi connectivity index (χ4n) is 4.19. The van der Waals surface area contributed by atoms with Gasteiger partial charge in [-0.2, -0.15) is 4.68 Å². The zero-order chi connectivity index (χ0) is 18.8. The Bertz CT molecular complexity index is 950. The number of nitrogens with zero attached hydrogens (tertiary/aromatic N) is 4. The molecule has 0 atom stereocenters. The maximum Gasteiger partial charge on any atom is 0.181 e. The highest BCUT2D eigenvalue weighted by Crippen LogP contribution is 2.41. The number of aromatic nitrogens is 4. The lowest BCUT2D eigenvalue weighted by Gasteiger charge is -2.38. The molecule has 0 bridgehead atoms. The summed E-state index contributed by atoms with van der Waals surface area (Å²) in [6.07, 6.45) is 5.47. The van der Waals surface area contributed by atoms with Crippen molar-refractivity contribution in [3.05, 3.63) is 54.4 Å². The van der Waals surface area contributed by atoms with E-state index in [9.17, 15) is 0 Å². The van der Waals surface area contributed by atoms with Gasteiger partial charge in [-0.05, 0) is 47.5 Å². The van der Waals surface area contributed by atoms with Gasteiger partial charge < -0.3 is 14.8 Å². The van der Waals surface area contributed by atoms with Crippen LogP contribution in [0.2, 0.25) is 0 Å². The molecule has 2 aromatic carbocycles. The van der Waals surface area contributed by atoms with Gasteiger partial charge in [-0.1, -0.05) is 37.5 Å². The van der Waals surface area contributed by atoms with Gasteiger partial charge in [0.05, 0.1) is 11.2 Å². The van der Waals surface area contributed by atoms with Crippen molar-refractivity contribution in [3.8, 4) is 17.2 Å². The van der Waals surface area contributed by atoms with E-state index < -0.39 is 0 Å². The van der Waals surface area contributed by atoms with Gasteiger partial charge >= 0.3 is 0 Å². The third kappa shape index (κ3) is 3.06. The van der Waals surface area contributed by atoms with Crippen LogP contribution in [-0.2, 0) is 5.54 Å². The Morgan fingerprint density at radius 1 is 0.893 bits per heavy atom. The molecule has 0 spiro atoms. The fourth-order valence-corrected chi connectivity index (χ4v) is 4.19.